The number of carbonyl (C=O) groups excluding carboxylic acids is 6. The van der Waals surface area contributed by atoms with Crippen molar-refractivity contribution in [2.75, 3.05) is 42.7 Å². The molecular formula is C50H48N6O16S. The molecule has 0 saturated carbocycles. The van der Waals surface area contributed by atoms with E-state index in [9.17, 15) is 57.4 Å². The van der Waals surface area contributed by atoms with Crippen molar-refractivity contribution in [2.24, 2.45) is 0 Å². The summed E-state index contributed by atoms with van der Waals surface area (Å²) in [5, 5.41) is 28.9. The Bertz CT molecular complexity index is 3280. The maximum absolute atomic E-state index is 13.9. The van der Waals surface area contributed by atoms with Crippen LogP contribution in [0.3, 0.4) is 0 Å². The molecule has 5 aromatic carbocycles. The monoisotopic (exact) mass is 1020 g/mol. The first kappa shape index (κ1) is 52.3. The highest BCUT2D eigenvalue weighted by Gasteiger charge is 2.56. The fraction of sp³-hybridized carbons (Fsp3) is 0.280. The van der Waals surface area contributed by atoms with Gasteiger partial charge in [-0.2, -0.15) is 8.42 Å². The molecule has 23 heteroatoms. The lowest BCUT2D eigenvalue weighted by molar-refractivity contribution is -0.386. The average molecular weight is 1020 g/mol. The smallest absolute Gasteiger partial charge is 0.414 e. The van der Waals surface area contributed by atoms with Crippen LogP contribution in [0.2, 0.25) is 0 Å². The number of nitrogens with zero attached hydrogens (tertiary/aromatic N) is 4. The standard InChI is InChI=1S/C50H48N6O16S/c1-7-18-51-44(58)30-9-16-42(55(63)64)32(21-30)26-70-47(61)53(5)34-11-14-37-40(24-34)49(3,4)41-25-35(12-15-38(41)50(37)39-23-29(28(2)57)8-13-36(39)46(60)72-50)54(6)48(62)71-27-33-22-31(10-17-43(33)56(65)66)45(59)52-19-20-73(67,68)69/h8-17,21-25H,7,18-20,26-27H2,1-6H3,(H,51,58)(H,52,59)(H,67,68,69). The minimum absolute atomic E-state index is 0.0224. The van der Waals surface area contributed by atoms with Crippen molar-refractivity contribution in [3.05, 3.63) is 172 Å². The van der Waals surface area contributed by atoms with E-state index in [0.29, 0.717) is 46.3 Å². The number of benzene rings is 5. The van der Waals surface area contributed by atoms with E-state index in [2.05, 4.69) is 10.6 Å². The molecule has 1 aliphatic carbocycles. The fourth-order valence-corrected chi connectivity index (χ4v) is 9.12. The minimum Gasteiger partial charge on any atom is -0.444 e. The van der Waals surface area contributed by atoms with E-state index in [4.69, 9.17) is 18.8 Å². The van der Waals surface area contributed by atoms with Crippen LogP contribution in [0.25, 0.3) is 0 Å². The zero-order valence-corrected chi connectivity index (χ0v) is 41.0. The number of hydrogen-bond acceptors (Lipinski definition) is 15. The highest BCUT2D eigenvalue weighted by Crippen LogP contribution is 2.57. The van der Waals surface area contributed by atoms with Crippen LogP contribution in [-0.2, 0) is 48.6 Å². The number of ether oxygens (including phenoxy) is 3. The Hall–Kier alpha value is -8.57. The van der Waals surface area contributed by atoms with Crippen molar-refractivity contribution in [1.82, 2.24) is 10.6 Å². The number of Topliss-reactive ketones (excluding diaryl/α,β-unsaturated/α-hetero) is 1. The number of rotatable bonds is 16. The lowest BCUT2D eigenvalue weighted by atomic mass is 9.61. The molecule has 0 saturated heterocycles. The number of nitro groups is 2. The van der Waals surface area contributed by atoms with Gasteiger partial charge in [0.15, 0.2) is 11.4 Å². The van der Waals surface area contributed by atoms with Crippen LogP contribution < -0.4 is 20.4 Å². The molecule has 73 heavy (non-hydrogen) atoms. The number of anilines is 2. The van der Waals surface area contributed by atoms with Crippen LogP contribution in [-0.4, -0.2) is 91.5 Å². The second-order valence-corrected chi connectivity index (χ2v) is 19.3. The van der Waals surface area contributed by atoms with E-state index in [1.54, 1.807) is 42.5 Å². The zero-order chi connectivity index (χ0) is 53.3. The number of carbonyl (C=O) groups is 6. The van der Waals surface area contributed by atoms with Crippen molar-refractivity contribution in [3.63, 3.8) is 0 Å². The molecular weight excluding hydrogens is 973 g/mol. The predicted octanol–water partition coefficient (Wildman–Crippen LogP) is 7.11. The third-order valence-electron chi connectivity index (χ3n) is 12.7. The normalized spacial score (nSPS) is 14.9. The molecule has 380 valence electrons. The van der Waals surface area contributed by atoms with Crippen LogP contribution in [0.5, 0.6) is 0 Å². The molecule has 1 unspecified atom stereocenters. The van der Waals surface area contributed by atoms with E-state index < -0.39 is 92.1 Å². The number of nitrogens with one attached hydrogen (secondary N) is 2. The van der Waals surface area contributed by atoms with E-state index in [-0.39, 0.29) is 50.7 Å². The fourth-order valence-electron chi connectivity index (χ4n) is 8.76. The molecule has 22 nitrogen and oxygen atoms in total. The van der Waals surface area contributed by atoms with Gasteiger partial charge < -0.3 is 24.8 Å². The topological polar surface area (TPSA) is 301 Å². The van der Waals surface area contributed by atoms with Crippen molar-refractivity contribution in [2.45, 2.75) is 58.3 Å². The summed E-state index contributed by atoms with van der Waals surface area (Å²) in [5.74, 6) is -3.02. The third-order valence-corrected chi connectivity index (χ3v) is 13.4. The Kier molecular flexibility index (Phi) is 14.5. The summed E-state index contributed by atoms with van der Waals surface area (Å²) in [5.41, 5.74) is -0.373. The summed E-state index contributed by atoms with van der Waals surface area (Å²) in [6.07, 6.45) is -1.24. The predicted molar refractivity (Wildman–Crippen MR) is 261 cm³/mol. The van der Waals surface area contributed by atoms with Crippen LogP contribution in [0.4, 0.5) is 32.3 Å². The van der Waals surface area contributed by atoms with Crippen LogP contribution in [0.1, 0.15) is 114 Å². The van der Waals surface area contributed by atoms with Crippen molar-refractivity contribution >= 4 is 68.6 Å². The molecule has 4 amide bonds. The number of esters is 1. The summed E-state index contributed by atoms with van der Waals surface area (Å²) in [6, 6.07) is 21.5. The van der Waals surface area contributed by atoms with Gasteiger partial charge >= 0.3 is 18.2 Å². The summed E-state index contributed by atoms with van der Waals surface area (Å²) >= 11 is 0. The number of hydrogen-bond donors (Lipinski definition) is 3. The van der Waals surface area contributed by atoms with Crippen LogP contribution >= 0.6 is 0 Å². The molecule has 7 rings (SSSR count). The molecule has 5 aromatic rings. The van der Waals surface area contributed by atoms with Crippen molar-refractivity contribution in [1.29, 1.82) is 0 Å². The lowest BCUT2D eigenvalue weighted by Gasteiger charge is -2.45. The van der Waals surface area contributed by atoms with Gasteiger partial charge in [-0.15, -0.1) is 0 Å². The molecule has 3 N–H and O–H groups in total. The Labute approximate surface area is 417 Å². The van der Waals surface area contributed by atoms with Gasteiger partial charge in [0.25, 0.3) is 33.3 Å². The van der Waals surface area contributed by atoms with Gasteiger partial charge in [0.1, 0.15) is 13.2 Å². The molecule has 1 spiro atoms. The lowest BCUT2D eigenvalue weighted by Crippen LogP contribution is -2.42. The minimum atomic E-state index is -4.39. The number of nitro benzene ring substituents is 2. The molecule has 0 fully saturated rings. The van der Waals surface area contributed by atoms with Gasteiger partial charge in [-0.1, -0.05) is 39.0 Å². The molecule has 1 aliphatic heterocycles. The maximum Gasteiger partial charge on any atom is 0.414 e. The molecule has 0 bridgehead atoms. The second-order valence-electron chi connectivity index (χ2n) is 17.7. The van der Waals surface area contributed by atoms with Crippen LogP contribution in [0, 0.1) is 20.2 Å². The molecule has 2 aliphatic rings. The van der Waals surface area contributed by atoms with Crippen molar-refractivity contribution in [3.8, 4) is 0 Å². The van der Waals surface area contributed by atoms with Gasteiger partial charge in [0, 0.05) is 89.5 Å². The Morgan fingerprint density at radius 1 is 0.671 bits per heavy atom. The summed E-state index contributed by atoms with van der Waals surface area (Å²) in [4.78, 5) is 104. The van der Waals surface area contributed by atoms with Gasteiger partial charge in [-0.05, 0) is 85.1 Å². The molecule has 0 radical (unpaired) electrons. The largest absolute Gasteiger partial charge is 0.444 e. The molecule has 0 aromatic heterocycles. The zero-order valence-electron chi connectivity index (χ0n) is 40.2. The second kappa shape index (κ2) is 20.3. The first-order valence-corrected chi connectivity index (χ1v) is 24.1. The van der Waals surface area contributed by atoms with E-state index in [0.717, 1.165) is 29.2 Å². The summed E-state index contributed by atoms with van der Waals surface area (Å²) in [7, 11) is -1.59. The van der Waals surface area contributed by atoms with E-state index in [1.807, 2.05) is 20.8 Å². The first-order valence-electron chi connectivity index (χ1n) is 22.5. The van der Waals surface area contributed by atoms with Gasteiger partial charge in [0.2, 0.25) is 0 Å². The maximum atomic E-state index is 13.9. The highest BCUT2D eigenvalue weighted by molar-refractivity contribution is 7.85. The van der Waals surface area contributed by atoms with Crippen molar-refractivity contribution < 1.29 is 65.8 Å². The van der Waals surface area contributed by atoms with E-state index in [1.165, 1.54) is 50.2 Å². The molecule has 1 heterocycles. The Morgan fingerprint density at radius 2 is 1.14 bits per heavy atom. The summed E-state index contributed by atoms with van der Waals surface area (Å²) < 4.78 is 48.8. The number of ketones is 1. The SMILES string of the molecule is CCCNC(=O)c1ccc([N+](=O)[O-])c(COC(=O)N(C)c2ccc3c(c2)C(C)(C)c2cc(N(C)C(=O)OCc4cc(C(=O)NCCS(=O)(=O)O)ccc4[N+](=O)[O-])ccc2C32OC(=O)c3ccc(C(C)=O)cc32)c1. The first-order chi connectivity index (χ1) is 34.4. The third kappa shape index (κ3) is 10.3. The summed E-state index contributed by atoms with van der Waals surface area (Å²) in [6.45, 7) is 5.65. The molecule has 1 atom stereocenters. The Morgan fingerprint density at radius 3 is 1.58 bits per heavy atom. The van der Waals surface area contributed by atoms with Gasteiger partial charge in [-0.3, -0.25) is 49.0 Å². The average Bonchev–Trinajstić information content (AvgIpc) is 3.65. The Balaban J connectivity index is 1.23. The highest BCUT2D eigenvalue weighted by atomic mass is 32.2. The number of fused-ring (bicyclic) bond motifs is 6. The number of amides is 4. The quantitative estimate of drug-likeness (QED) is 0.0221. The van der Waals surface area contributed by atoms with Crippen LogP contribution in [0.15, 0.2) is 91.0 Å². The van der Waals surface area contributed by atoms with Gasteiger partial charge in [0.05, 0.1) is 32.3 Å². The van der Waals surface area contributed by atoms with E-state index >= 15 is 0 Å². The van der Waals surface area contributed by atoms with Gasteiger partial charge in [-0.25, -0.2) is 14.4 Å².